The minimum absolute atomic E-state index is 0.0310. The van der Waals surface area contributed by atoms with Crippen LogP contribution in [0.1, 0.15) is 50.4 Å². The summed E-state index contributed by atoms with van der Waals surface area (Å²) in [5, 5.41) is 7.71. The Hall–Kier alpha value is -3.06. The number of nitrogen functional groups attached to an aromatic ring is 1. The van der Waals surface area contributed by atoms with Crippen LogP contribution in [0, 0.1) is 23.2 Å². The van der Waals surface area contributed by atoms with Crippen LogP contribution in [0.2, 0.25) is 0 Å². The normalized spacial score (nSPS) is 27.5. The van der Waals surface area contributed by atoms with Crippen LogP contribution in [-0.4, -0.2) is 47.0 Å². The van der Waals surface area contributed by atoms with Gasteiger partial charge in [0.1, 0.15) is 5.84 Å². The largest absolute Gasteiger partial charge is 0.454 e. The van der Waals surface area contributed by atoms with Gasteiger partial charge in [-0.15, -0.1) is 0 Å². The Morgan fingerprint density at radius 3 is 2.47 bits per heavy atom. The number of carbonyl (C=O) groups is 1. The highest BCUT2D eigenvalue weighted by atomic mass is 16.7. The second-order valence-electron chi connectivity index (χ2n) is 10.7. The monoisotopic (exact) mass is 462 g/mol. The summed E-state index contributed by atoms with van der Waals surface area (Å²) in [6, 6.07) is 13.9. The molecular weight excluding hydrogens is 428 g/mol. The number of hydrogen-bond acceptors (Lipinski definition) is 5. The lowest BCUT2D eigenvalue weighted by atomic mass is 9.75. The van der Waals surface area contributed by atoms with E-state index in [1.54, 1.807) is 0 Å². The van der Waals surface area contributed by atoms with Gasteiger partial charge in [-0.2, -0.15) is 0 Å². The second-order valence-corrected chi connectivity index (χ2v) is 10.7. The van der Waals surface area contributed by atoms with Crippen LogP contribution in [-0.2, 0) is 11.3 Å². The molecule has 0 saturated carbocycles. The number of nitrogens with two attached hydrogens (primary N) is 1. The Morgan fingerprint density at radius 2 is 1.82 bits per heavy atom. The third-order valence-corrected chi connectivity index (χ3v) is 8.20. The number of likely N-dealkylation sites (tertiary alicyclic amines) is 2. The molecule has 3 heterocycles. The van der Waals surface area contributed by atoms with Crippen LogP contribution in [0.4, 0.5) is 0 Å². The number of benzene rings is 2. The fourth-order valence-corrected chi connectivity index (χ4v) is 6.41. The molecule has 0 bridgehead atoms. The smallest absolute Gasteiger partial charge is 0.231 e. The van der Waals surface area contributed by atoms with E-state index in [0.29, 0.717) is 18.0 Å². The van der Waals surface area contributed by atoms with Crippen molar-refractivity contribution in [3.05, 3.63) is 59.2 Å². The minimum atomic E-state index is -0.164. The lowest BCUT2D eigenvalue weighted by Gasteiger charge is -2.41. The van der Waals surface area contributed by atoms with Crippen molar-refractivity contribution in [1.82, 2.24) is 9.80 Å². The molecule has 1 amide bonds. The summed E-state index contributed by atoms with van der Waals surface area (Å²) < 4.78 is 11.0. The van der Waals surface area contributed by atoms with Gasteiger partial charge < -0.3 is 20.1 Å². The van der Waals surface area contributed by atoms with E-state index in [0.717, 1.165) is 22.6 Å². The molecule has 180 valence electrons. The van der Waals surface area contributed by atoms with Gasteiger partial charge in [0.25, 0.3) is 0 Å². The molecule has 7 heteroatoms. The first kappa shape index (κ1) is 22.7. The van der Waals surface area contributed by atoms with Crippen molar-refractivity contribution in [2.24, 2.45) is 23.5 Å². The summed E-state index contributed by atoms with van der Waals surface area (Å²) in [6.07, 6.45) is 0. The maximum atomic E-state index is 14.1. The SMILES string of the molecule is CC(C)C1C2C(C(=O)N1Cc1ccc3c(c1)OCO3)C(c1ccc(C(=N)N)cc1)N(C)C2(C)C. The van der Waals surface area contributed by atoms with Crippen molar-refractivity contribution in [2.45, 2.75) is 51.9 Å². The average molecular weight is 463 g/mol. The third-order valence-electron chi connectivity index (χ3n) is 8.20. The molecule has 34 heavy (non-hydrogen) atoms. The van der Waals surface area contributed by atoms with Crippen LogP contribution in [0.5, 0.6) is 11.5 Å². The molecule has 5 rings (SSSR count). The van der Waals surface area contributed by atoms with Gasteiger partial charge in [-0.25, -0.2) is 0 Å². The van der Waals surface area contributed by atoms with Crippen molar-refractivity contribution >= 4 is 11.7 Å². The average Bonchev–Trinajstić information content (AvgIpc) is 3.42. The van der Waals surface area contributed by atoms with Crippen LogP contribution in [0.3, 0.4) is 0 Å². The topological polar surface area (TPSA) is 91.9 Å². The molecule has 7 nitrogen and oxygen atoms in total. The Balaban J connectivity index is 1.52. The van der Waals surface area contributed by atoms with Gasteiger partial charge in [-0.05, 0) is 50.1 Å². The number of rotatable bonds is 5. The number of nitrogens with zero attached hydrogens (tertiary/aromatic N) is 2. The Labute approximate surface area is 201 Å². The zero-order valence-electron chi connectivity index (χ0n) is 20.5. The number of carbonyl (C=O) groups excluding carboxylic acids is 1. The molecule has 2 saturated heterocycles. The number of fused-ring (bicyclic) bond motifs is 2. The first-order chi connectivity index (χ1) is 16.1. The number of nitrogens with one attached hydrogen (secondary N) is 1. The van der Waals surface area contributed by atoms with Crippen LogP contribution < -0.4 is 15.2 Å². The van der Waals surface area contributed by atoms with Crippen LogP contribution in [0.25, 0.3) is 0 Å². The number of hydrogen-bond donors (Lipinski definition) is 2. The van der Waals surface area contributed by atoms with Crippen molar-refractivity contribution in [2.75, 3.05) is 13.8 Å². The molecule has 0 aliphatic carbocycles. The fraction of sp³-hybridized carbons (Fsp3) is 0.481. The van der Waals surface area contributed by atoms with Crippen molar-refractivity contribution in [3.63, 3.8) is 0 Å². The molecule has 3 aliphatic heterocycles. The zero-order valence-corrected chi connectivity index (χ0v) is 20.5. The van der Waals surface area contributed by atoms with E-state index in [9.17, 15) is 4.79 Å². The fourth-order valence-electron chi connectivity index (χ4n) is 6.41. The van der Waals surface area contributed by atoms with Crippen molar-refractivity contribution in [1.29, 1.82) is 5.41 Å². The van der Waals surface area contributed by atoms with E-state index < -0.39 is 0 Å². The standard InChI is InChI=1S/C27H34N4O3/c1-15(2)23-22-21(26(32)31(23)13-16-6-11-19-20(12-16)34-14-33-19)24(30(5)27(22,3)4)17-7-9-18(10-8-17)25(28)29/h6-12,15,21-24H,13-14H2,1-5H3,(H3,28,29). The van der Waals surface area contributed by atoms with Crippen molar-refractivity contribution in [3.8, 4) is 11.5 Å². The molecule has 2 aromatic carbocycles. The number of amidine groups is 1. The molecule has 2 aromatic rings. The molecule has 0 aromatic heterocycles. The predicted octanol–water partition coefficient (Wildman–Crippen LogP) is 3.76. The molecular formula is C27H34N4O3. The lowest BCUT2D eigenvalue weighted by Crippen LogP contribution is -2.50. The Kier molecular flexibility index (Phi) is 5.35. The first-order valence-electron chi connectivity index (χ1n) is 12.0. The summed E-state index contributed by atoms with van der Waals surface area (Å²) in [5.74, 6) is 2.13. The van der Waals surface area contributed by atoms with Gasteiger partial charge >= 0.3 is 0 Å². The summed E-state index contributed by atoms with van der Waals surface area (Å²) in [4.78, 5) is 18.6. The van der Waals surface area contributed by atoms with Gasteiger partial charge in [0.05, 0.1) is 5.92 Å². The van der Waals surface area contributed by atoms with Gasteiger partial charge in [0.15, 0.2) is 11.5 Å². The highest BCUT2D eigenvalue weighted by Crippen LogP contribution is 2.57. The number of amides is 1. The third kappa shape index (κ3) is 3.36. The molecule has 0 radical (unpaired) electrons. The summed E-state index contributed by atoms with van der Waals surface area (Å²) in [6.45, 7) is 9.77. The Morgan fingerprint density at radius 1 is 1.15 bits per heavy atom. The van der Waals surface area contributed by atoms with E-state index in [4.69, 9.17) is 20.6 Å². The van der Waals surface area contributed by atoms with Gasteiger partial charge in [0.2, 0.25) is 12.7 Å². The maximum Gasteiger partial charge on any atom is 0.231 e. The highest BCUT2D eigenvalue weighted by molar-refractivity contribution is 5.95. The molecule has 2 fully saturated rings. The van der Waals surface area contributed by atoms with E-state index in [1.807, 2.05) is 42.5 Å². The quantitative estimate of drug-likeness (QED) is 0.521. The summed E-state index contributed by atoms with van der Waals surface area (Å²) in [7, 11) is 2.13. The van der Waals surface area contributed by atoms with Crippen molar-refractivity contribution < 1.29 is 14.3 Å². The second kappa shape index (κ2) is 8.01. The molecule has 3 N–H and O–H groups in total. The summed E-state index contributed by atoms with van der Waals surface area (Å²) >= 11 is 0. The van der Waals surface area contributed by atoms with Crippen LogP contribution in [0.15, 0.2) is 42.5 Å². The van der Waals surface area contributed by atoms with E-state index in [1.165, 1.54) is 0 Å². The maximum absolute atomic E-state index is 14.1. The predicted molar refractivity (Wildman–Crippen MR) is 131 cm³/mol. The lowest BCUT2D eigenvalue weighted by molar-refractivity contribution is -0.134. The van der Waals surface area contributed by atoms with Gasteiger partial charge in [0, 0.05) is 35.6 Å². The zero-order chi connectivity index (χ0) is 24.4. The summed E-state index contributed by atoms with van der Waals surface area (Å²) in [5.41, 5.74) is 8.34. The molecule has 0 spiro atoms. The van der Waals surface area contributed by atoms with Gasteiger partial charge in [-0.1, -0.05) is 44.2 Å². The highest BCUT2D eigenvalue weighted by Gasteiger charge is 2.64. The molecule has 4 unspecified atom stereocenters. The van der Waals surface area contributed by atoms with E-state index in [-0.39, 0.29) is 48.0 Å². The molecule has 4 atom stereocenters. The minimum Gasteiger partial charge on any atom is -0.454 e. The van der Waals surface area contributed by atoms with Gasteiger partial charge in [-0.3, -0.25) is 15.1 Å². The number of ether oxygens (including phenoxy) is 2. The first-order valence-corrected chi connectivity index (χ1v) is 12.0. The Bertz CT molecular complexity index is 1130. The van der Waals surface area contributed by atoms with E-state index >= 15 is 0 Å². The van der Waals surface area contributed by atoms with Crippen LogP contribution >= 0.6 is 0 Å². The van der Waals surface area contributed by atoms with E-state index in [2.05, 4.69) is 44.5 Å². The molecule has 3 aliphatic rings.